The third-order valence-electron chi connectivity index (χ3n) is 2.99. The number of anilines is 1. The van der Waals surface area contributed by atoms with Crippen LogP contribution in [0.15, 0.2) is 41.0 Å². The molecule has 1 heterocycles. The fraction of sp³-hybridized carbons (Fsp3) is 0.312. The van der Waals surface area contributed by atoms with Crippen molar-refractivity contribution in [2.24, 2.45) is 0 Å². The van der Waals surface area contributed by atoms with E-state index < -0.39 is 0 Å². The maximum atomic E-state index is 11.9. The molecule has 0 atom stereocenters. The Morgan fingerprint density at radius 1 is 1.38 bits per heavy atom. The maximum absolute atomic E-state index is 11.9. The number of aliphatic hydroxyl groups is 1. The van der Waals surface area contributed by atoms with Gasteiger partial charge in [-0.2, -0.15) is 0 Å². The molecular weight excluding hydrogens is 270 g/mol. The van der Waals surface area contributed by atoms with Crippen molar-refractivity contribution in [2.75, 3.05) is 11.9 Å². The summed E-state index contributed by atoms with van der Waals surface area (Å²) in [5.74, 6) is 1.32. The summed E-state index contributed by atoms with van der Waals surface area (Å²) < 4.78 is 10.6. The second-order valence-corrected chi connectivity index (χ2v) is 4.54. The van der Waals surface area contributed by atoms with Crippen LogP contribution in [0.1, 0.15) is 24.7 Å². The zero-order valence-corrected chi connectivity index (χ0v) is 12.0. The Bertz CT molecular complexity index is 578. The quantitative estimate of drug-likeness (QED) is 0.822. The van der Waals surface area contributed by atoms with Gasteiger partial charge in [-0.1, -0.05) is 0 Å². The molecule has 5 nitrogen and oxygen atoms in total. The summed E-state index contributed by atoms with van der Waals surface area (Å²) in [6, 6.07) is 8.86. The van der Waals surface area contributed by atoms with Gasteiger partial charge in [-0.25, -0.2) is 0 Å². The molecule has 0 fully saturated rings. The molecule has 0 spiro atoms. The molecular formula is C16H19NO4. The van der Waals surface area contributed by atoms with E-state index in [1.807, 2.05) is 13.0 Å². The van der Waals surface area contributed by atoms with Gasteiger partial charge >= 0.3 is 0 Å². The van der Waals surface area contributed by atoms with E-state index in [1.54, 1.807) is 30.5 Å². The number of hydrogen-bond donors (Lipinski definition) is 2. The van der Waals surface area contributed by atoms with Crippen molar-refractivity contribution in [2.45, 2.75) is 26.4 Å². The van der Waals surface area contributed by atoms with E-state index in [1.165, 1.54) is 0 Å². The van der Waals surface area contributed by atoms with E-state index in [2.05, 4.69) is 5.32 Å². The number of carbonyl (C=O) groups is 1. The van der Waals surface area contributed by atoms with Gasteiger partial charge in [0.2, 0.25) is 5.91 Å². The van der Waals surface area contributed by atoms with Gasteiger partial charge in [0.1, 0.15) is 11.5 Å². The first-order chi connectivity index (χ1) is 10.2. The van der Waals surface area contributed by atoms with Crippen molar-refractivity contribution in [1.82, 2.24) is 0 Å². The molecule has 0 radical (unpaired) electrons. The molecule has 5 heteroatoms. The van der Waals surface area contributed by atoms with Gasteiger partial charge in [0.25, 0.3) is 0 Å². The van der Waals surface area contributed by atoms with E-state index in [4.69, 9.17) is 9.15 Å². The Morgan fingerprint density at radius 2 is 2.24 bits per heavy atom. The zero-order chi connectivity index (χ0) is 15.1. The summed E-state index contributed by atoms with van der Waals surface area (Å²) in [6.45, 7) is 2.28. The second kappa shape index (κ2) is 7.50. The highest BCUT2D eigenvalue weighted by Gasteiger charge is 2.08. The SMILES string of the molecule is CCOc1ccc(NC(=O)CCc2ccco2)cc1CO. The molecule has 0 aliphatic rings. The van der Waals surface area contributed by atoms with Crippen LogP contribution in [0, 0.1) is 0 Å². The lowest BCUT2D eigenvalue weighted by atomic mass is 10.1. The number of nitrogens with one attached hydrogen (secondary N) is 1. The Kier molecular flexibility index (Phi) is 5.40. The number of hydrogen-bond acceptors (Lipinski definition) is 4. The first kappa shape index (κ1) is 15.1. The van der Waals surface area contributed by atoms with Gasteiger partial charge < -0.3 is 19.6 Å². The van der Waals surface area contributed by atoms with Crippen LogP contribution in [0.4, 0.5) is 5.69 Å². The lowest BCUT2D eigenvalue weighted by Gasteiger charge is -2.11. The molecule has 0 saturated carbocycles. The highest BCUT2D eigenvalue weighted by Crippen LogP contribution is 2.23. The summed E-state index contributed by atoms with van der Waals surface area (Å²) in [4.78, 5) is 11.9. The first-order valence-corrected chi connectivity index (χ1v) is 6.91. The molecule has 0 saturated heterocycles. The molecule has 0 aliphatic carbocycles. The van der Waals surface area contributed by atoms with Gasteiger partial charge in [0, 0.05) is 24.1 Å². The van der Waals surface area contributed by atoms with Crippen LogP contribution in [0.25, 0.3) is 0 Å². The van der Waals surface area contributed by atoms with Crippen molar-refractivity contribution in [3.8, 4) is 5.75 Å². The minimum atomic E-state index is -0.133. The molecule has 2 N–H and O–H groups in total. The zero-order valence-electron chi connectivity index (χ0n) is 12.0. The number of amides is 1. The van der Waals surface area contributed by atoms with E-state index >= 15 is 0 Å². The summed E-state index contributed by atoms with van der Waals surface area (Å²) in [5, 5.41) is 12.1. The molecule has 0 aliphatic heterocycles. The van der Waals surface area contributed by atoms with Gasteiger partial charge in [-0.05, 0) is 37.3 Å². The fourth-order valence-electron chi connectivity index (χ4n) is 1.99. The summed E-state index contributed by atoms with van der Waals surface area (Å²) in [6.07, 6.45) is 2.49. The number of carbonyl (C=O) groups excluding carboxylic acids is 1. The molecule has 1 amide bonds. The second-order valence-electron chi connectivity index (χ2n) is 4.54. The molecule has 1 aromatic heterocycles. The molecule has 0 unspecified atom stereocenters. The van der Waals surface area contributed by atoms with Crippen LogP contribution < -0.4 is 10.1 Å². The Morgan fingerprint density at radius 3 is 2.90 bits per heavy atom. The van der Waals surface area contributed by atoms with Crippen LogP contribution >= 0.6 is 0 Å². The Balaban J connectivity index is 1.93. The van der Waals surface area contributed by atoms with Crippen molar-refractivity contribution in [1.29, 1.82) is 0 Å². The van der Waals surface area contributed by atoms with Crippen LogP contribution in [0.2, 0.25) is 0 Å². The normalized spacial score (nSPS) is 10.4. The predicted molar refractivity (Wildman–Crippen MR) is 79.2 cm³/mol. The van der Waals surface area contributed by atoms with Crippen LogP contribution in [-0.4, -0.2) is 17.6 Å². The lowest BCUT2D eigenvalue weighted by molar-refractivity contribution is -0.116. The number of benzene rings is 1. The molecule has 1 aromatic carbocycles. The van der Waals surface area contributed by atoms with Crippen molar-refractivity contribution < 1.29 is 19.1 Å². The molecule has 2 rings (SSSR count). The summed E-state index contributed by atoms with van der Waals surface area (Å²) in [7, 11) is 0. The van der Waals surface area contributed by atoms with Gasteiger partial charge in [-0.15, -0.1) is 0 Å². The fourth-order valence-corrected chi connectivity index (χ4v) is 1.99. The molecule has 2 aromatic rings. The van der Waals surface area contributed by atoms with Crippen molar-refractivity contribution in [3.63, 3.8) is 0 Å². The minimum Gasteiger partial charge on any atom is -0.494 e. The number of furan rings is 1. The van der Waals surface area contributed by atoms with Gasteiger partial charge in [0.15, 0.2) is 0 Å². The Hall–Kier alpha value is -2.27. The van der Waals surface area contributed by atoms with E-state index in [9.17, 15) is 9.90 Å². The third-order valence-corrected chi connectivity index (χ3v) is 2.99. The smallest absolute Gasteiger partial charge is 0.224 e. The van der Waals surface area contributed by atoms with Crippen molar-refractivity contribution in [3.05, 3.63) is 47.9 Å². The van der Waals surface area contributed by atoms with Gasteiger partial charge in [-0.3, -0.25) is 4.79 Å². The lowest BCUT2D eigenvalue weighted by Crippen LogP contribution is -2.12. The van der Waals surface area contributed by atoms with Crippen LogP contribution in [0.5, 0.6) is 5.75 Å². The molecule has 112 valence electrons. The average molecular weight is 289 g/mol. The molecule has 0 bridgehead atoms. The van der Waals surface area contributed by atoms with E-state index in [0.717, 1.165) is 5.76 Å². The predicted octanol–water partition coefficient (Wildman–Crippen LogP) is 2.74. The van der Waals surface area contributed by atoms with Crippen LogP contribution in [-0.2, 0) is 17.8 Å². The highest BCUT2D eigenvalue weighted by molar-refractivity contribution is 5.91. The first-order valence-electron chi connectivity index (χ1n) is 6.91. The molecule has 21 heavy (non-hydrogen) atoms. The summed E-state index contributed by atoms with van der Waals surface area (Å²) >= 11 is 0. The highest BCUT2D eigenvalue weighted by atomic mass is 16.5. The minimum absolute atomic E-state index is 0.0977. The monoisotopic (exact) mass is 289 g/mol. The average Bonchev–Trinajstić information content (AvgIpc) is 3.00. The Labute approximate surface area is 123 Å². The largest absolute Gasteiger partial charge is 0.494 e. The maximum Gasteiger partial charge on any atom is 0.224 e. The van der Waals surface area contributed by atoms with E-state index in [0.29, 0.717) is 36.4 Å². The van der Waals surface area contributed by atoms with Gasteiger partial charge in [0.05, 0.1) is 19.5 Å². The number of aliphatic hydroxyl groups excluding tert-OH is 1. The van der Waals surface area contributed by atoms with E-state index in [-0.39, 0.29) is 12.5 Å². The van der Waals surface area contributed by atoms with Crippen LogP contribution in [0.3, 0.4) is 0 Å². The topological polar surface area (TPSA) is 71.7 Å². The number of rotatable bonds is 7. The third kappa shape index (κ3) is 4.36. The standard InChI is InChI=1S/C16H19NO4/c1-2-20-15-7-5-13(10-12(15)11-18)17-16(19)8-6-14-4-3-9-21-14/h3-5,7,9-10,18H,2,6,8,11H2,1H3,(H,17,19). The number of aryl methyl sites for hydroxylation is 1. The summed E-state index contributed by atoms with van der Waals surface area (Å²) in [5.41, 5.74) is 1.30. The van der Waals surface area contributed by atoms with Crippen molar-refractivity contribution >= 4 is 11.6 Å². The number of ether oxygens (including phenoxy) is 1.